The van der Waals surface area contributed by atoms with Gasteiger partial charge in [0.1, 0.15) is 11.4 Å². The average molecular weight is 599 g/mol. The Morgan fingerprint density at radius 2 is 1.71 bits per heavy atom. The lowest BCUT2D eigenvalue weighted by atomic mass is 9.86. The number of nitrogens with zero attached hydrogens (tertiary/aromatic N) is 2. The Labute approximate surface area is 253 Å². The van der Waals surface area contributed by atoms with E-state index in [0.717, 1.165) is 68.7 Å². The van der Waals surface area contributed by atoms with Crippen LogP contribution in [0.2, 0.25) is 5.02 Å². The zero-order chi connectivity index (χ0) is 30.1. The Morgan fingerprint density at radius 1 is 1.00 bits per heavy atom. The third-order valence-electron chi connectivity index (χ3n) is 7.54. The zero-order valence-electron chi connectivity index (χ0n) is 24.9. The van der Waals surface area contributed by atoms with Crippen molar-refractivity contribution in [3.8, 4) is 5.75 Å². The predicted octanol–water partition coefficient (Wildman–Crippen LogP) is 5.37. The first-order valence-corrected chi connectivity index (χ1v) is 15.3. The summed E-state index contributed by atoms with van der Waals surface area (Å²) in [6.07, 6.45) is 3.95. The van der Waals surface area contributed by atoms with Crippen molar-refractivity contribution >= 4 is 35.2 Å². The molecule has 2 aliphatic heterocycles. The number of piperidine rings is 1. The normalized spacial score (nSPS) is 16.0. The average Bonchev–Trinajstić information content (AvgIpc) is 2.95. The van der Waals surface area contributed by atoms with Gasteiger partial charge < -0.3 is 29.9 Å². The fourth-order valence-corrected chi connectivity index (χ4v) is 5.59. The first-order valence-electron chi connectivity index (χ1n) is 14.9. The first kappa shape index (κ1) is 31.6. The molecule has 2 heterocycles. The lowest BCUT2D eigenvalue weighted by Crippen LogP contribution is -2.45. The second-order valence-corrected chi connectivity index (χ2v) is 12.3. The van der Waals surface area contributed by atoms with Gasteiger partial charge >= 0.3 is 6.09 Å². The number of ether oxygens (including phenoxy) is 2. The van der Waals surface area contributed by atoms with Crippen LogP contribution in [0, 0.1) is 0 Å². The zero-order valence-corrected chi connectivity index (χ0v) is 25.7. The molecule has 0 aliphatic carbocycles. The molecule has 4 rings (SSSR count). The summed E-state index contributed by atoms with van der Waals surface area (Å²) >= 11 is 6.30. The van der Waals surface area contributed by atoms with Crippen LogP contribution in [0.15, 0.2) is 42.5 Å². The van der Waals surface area contributed by atoms with E-state index in [9.17, 15) is 14.4 Å². The SMILES string of the molecule is CC(C)(C)OC(=O)NCCCCCNC(=O)c1cc(Cl)ccc1C1CCN(CCN2C(=O)COc3ccccc32)CC1. The number of benzene rings is 2. The van der Waals surface area contributed by atoms with E-state index in [1.165, 1.54) is 0 Å². The van der Waals surface area contributed by atoms with Crippen LogP contribution in [0.25, 0.3) is 0 Å². The monoisotopic (exact) mass is 598 g/mol. The van der Waals surface area contributed by atoms with Gasteiger partial charge in [0.25, 0.3) is 11.8 Å². The summed E-state index contributed by atoms with van der Waals surface area (Å²) in [6, 6.07) is 13.3. The lowest BCUT2D eigenvalue weighted by Gasteiger charge is -2.35. The van der Waals surface area contributed by atoms with Crippen molar-refractivity contribution in [1.82, 2.24) is 15.5 Å². The molecule has 2 aromatic carbocycles. The van der Waals surface area contributed by atoms with Gasteiger partial charge in [-0.2, -0.15) is 0 Å². The summed E-state index contributed by atoms with van der Waals surface area (Å²) in [7, 11) is 0. The molecule has 0 saturated carbocycles. The molecule has 9 nitrogen and oxygen atoms in total. The molecule has 2 aromatic rings. The molecule has 3 amide bonds. The number of nitrogens with one attached hydrogen (secondary N) is 2. The van der Waals surface area contributed by atoms with Crippen LogP contribution in [0.3, 0.4) is 0 Å². The molecule has 2 aliphatic rings. The largest absolute Gasteiger partial charge is 0.482 e. The third kappa shape index (κ3) is 9.10. The highest BCUT2D eigenvalue weighted by Crippen LogP contribution is 2.33. The number of fused-ring (bicyclic) bond motifs is 1. The quantitative estimate of drug-likeness (QED) is 0.337. The minimum atomic E-state index is -0.511. The van der Waals surface area contributed by atoms with E-state index in [4.69, 9.17) is 21.1 Å². The molecule has 228 valence electrons. The highest BCUT2D eigenvalue weighted by molar-refractivity contribution is 6.31. The maximum Gasteiger partial charge on any atom is 0.407 e. The topological polar surface area (TPSA) is 100 Å². The number of carbonyl (C=O) groups is 3. The fraction of sp³-hybridized carbons (Fsp3) is 0.531. The van der Waals surface area contributed by atoms with Crippen molar-refractivity contribution in [2.45, 2.75) is 64.4 Å². The van der Waals surface area contributed by atoms with Crippen molar-refractivity contribution in [1.29, 1.82) is 0 Å². The van der Waals surface area contributed by atoms with Gasteiger partial charge in [0.05, 0.1) is 5.69 Å². The molecular formula is C32H43ClN4O5. The highest BCUT2D eigenvalue weighted by atomic mass is 35.5. The van der Waals surface area contributed by atoms with Crippen LogP contribution in [0.5, 0.6) is 5.75 Å². The number of halogens is 1. The summed E-state index contributed by atoms with van der Waals surface area (Å²) < 4.78 is 10.8. The van der Waals surface area contributed by atoms with Gasteiger partial charge in [-0.05, 0) is 102 Å². The Bertz CT molecular complexity index is 1240. The van der Waals surface area contributed by atoms with E-state index in [0.29, 0.717) is 30.2 Å². The summed E-state index contributed by atoms with van der Waals surface area (Å²) in [6.45, 7) is 9.87. The second-order valence-electron chi connectivity index (χ2n) is 11.9. The minimum Gasteiger partial charge on any atom is -0.482 e. The second kappa shape index (κ2) is 14.7. The van der Waals surface area contributed by atoms with Gasteiger partial charge in [-0.15, -0.1) is 0 Å². The minimum absolute atomic E-state index is 0.0159. The van der Waals surface area contributed by atoms with Crippen LogP contribution < -0.4 is 20.3 Å². The molecule has 0 bridgehead atoms. The van der Waals surface area contributed by atoms with Crippen LogP contribution in [-0.2, 0) is 9.53 Å². The number of alkyl carbamates (subject to hydrolysis) is 1. The molecular weight excluding hydrogens is 556 g/mol. The van der Waals surface area contributed by atoms with Gasteiger partial charge in [0, 0.05) is 36.8 Å². The number of anilines is 1. The standard InChI is InChI=1S/C32H43ClN4O5/c1-32(2,3)42-31(40)35-16-8-4-7-15-34-30(39)26-21-24(33)11-12-25(26)23-13-17-36(18-14-23)19-20-37-27-9-5-6-10-28(27)41-22-29(37)38/h5-6,9-12,21,23H,4,7-8,13-20,22H2,1-3H3,(H,34,39)(H,35,40). The van der Waals surface area contributed by atoms with Gasteiger partial charge in [0.15, 0.2) is 6.61 Å². The maximum absolute atomic E-state index is 13.1. The Hall–Kier alpha value is -3.30. The van der Waals surface area contributed by atoms with Crippen molar-refractivity contribution in [3.05, 3.63) is 58.6 Å². The number of hydrogen-bond acceptors (Lipinski definition) is 6. The van der Waals surface area contributed by atoms with Gasteiger partial charge in [-0.1, -0.05) is 29.8 Å². The summed E-state index contributed by atoms with van der Waals surface area (Å²) in [5, 5.41) is 6.35. The number of unbranched alkanes of at least 4 members (excludes halogenated alkanes) is 2. The van der Waals surface area contributed by atoms with E-state index in [2.05, 4.69) is 15.5 Å². The number of amides is 3. The van der Waals surface area contributed by atoms with E-state index in [-0.39, 0.29) is 24.3 Å². The van der Waals surface area contributed by atoms with Gasteiger partial charge in [0.2, 0.25) is 0 Å². The molecule has 0 spiro atoms. The van der Waals surface area contributed by atoms with Crippen LogP contribution >= 0.6 is 11.6 Å². The number of rotatable bonds is 11. The molecule has 10 heteroatoms. The molecule has 42 heavy (non-hydrogen) atoms. The van der Waals surface area contributed by atoms with Crippen LogP contribution in [0.1, 0.15) is 74.7 Å². The molecule has 0 aromatic heterocycles. The number of likely N-dealkylation sites (tertiary alicyclic amines) is 1. The van der Waals surface area contributed by atoms with Crippen molar-refractivity contribution in [3.63, 3.8) is 0 Å². The van der Waals surface area contributed by atoms with E-state index >= 15 is 0 Å². The number of carbonyl (C=O) groups excluding carboxylic acids is 3. The number of hydrogen-bond donors (Lipinski definition) is 2. The van der Waals surface area contributed by atoms with Crippen molar-refractivity contribution < 1.29 is 23.9 Å². The lowest BCUT2D eigenvalue weighted by molar-refractivity contribution is -0.121. The van der Waals surface area contributed by atoms with Gasteiger partial charge in [-0.25, -0.2) is 4.79 Å². The Kier molecular flexibility index (Phi) is 11.1. The van der Waals surface area contributed by atoms with E-state index in [1.54, 1.807) is 6.07 Å². The van der Waals surface area contributed by atoms with E-state index in [1.807, 2.05) is 62.1 Å². The van der Waals surface area contributed by atoms with Crippen molar-refractivity contribution in [2.24, 2.45) is 0 Å². The summed E-state index contributed by atoms with van der Waals surface area (Å²) in [4.78, 5) is 41.6. The maximum atomic E-state index is 13.1. The molecule has 0 unspecified atom stereocenters. The smallest absolute Gasteiger partial charge is 0.407 e. The van der Waals surface area contributed by atoms with Crippen LogP contribution in [-0.4, -0.2) is 74.3 Å². The van der Waals surface area contributed by atoms with Crippen LogP contribution in [0.4, 0.5) is 10.5 Å². The molecule has 0 atom stereocenters. The Balaban J connectivity index is 1.21. The first-order chi connectivity index (χ1) is 20.1. The summed E-state index contributed by atoms with van der Waals surface area (Å²) in [5.74, 6) is 0.896. The predicted molar refractivity (Wildman–Crippen MR) is 165 cm³/mol. The molecule has 1 saturated heterocycles. The fourth-order valence-electron chi connectivity index (χ4n) is 5.42. The molecule has 0 radical (unpaired) electrons. The summed E-state index contributed by atoms with van der Waals surface area (Å²) in [5.41, 5.74) is 2.00. The molecule has 2 N–H and O–H groups in total. The van der Waals surface area contributed by atoms with E-state index < -0.39 is 11.7 Å². The Morgan fingerprint density at radius 3 is 2.45 bits per heavy atom. The third-order valence-corrected chi connectivity index (χ3v) is 7.78. The molecule has 1 fully saturated rings. The van der Waals surface area contributed by atoms with Crippen molar-refractivity contribution in [2.75, 3.05) is 50.8 Å². The van der Waals surface area contributed by atoms with Gasteiger partial charge in [-0.3, -0.25) is 9.59 Å². The highest BCUT2D eigenvalue weighted by Gasteiger charge is 2.28. The number of para-hydroxylation sites is 2.